The molecule has 3 nitrogen and oxygen atoms in total. The minimum atomic E-state index is -0.622. The Hall–Kier alpha value is -2.23. The van der Waals surface area contributed by atoms with Gasteiger partial charge in [-0.2, -0.15) is 4.39 Å². The Labute approximate surface area is 110 Å². The van der Waals surface area contributed by atoms with Crippen molar-refractivity contribution >= 4 is 5.91 Å². The molecule has 0 aliphatic carbocycles. The lowest BCUT2D eigenvalue weighted by Crippen LogP contribution is -2.36. The molecule has 19 heavy (non-hydrogen) atoms. The average Bonchev–Trinajstić information content (AvgIpc) is 2.46. The standard InChI is InChI=1S/C15H13FN2O/c16-14-7-3-6-13(17-14)15(19)18-9-8-11-4-1-2-5-12(11)10-18/h1-7H,8-10H2. The van der Waals surface area contributed by atoms with Crippen LogP contribution in [0.3, 0.4) is 0 Å². The maximum atomic E-state index is 13.1. The molecule has 0 fully saturated rings. The van der Waals surface area contributed by atoms with E-state index >= 15 is 0 Å². The normalized spacial score (nSPS) is 14.1. The van der Waals surface area contributed by atoms with Gasteiger partial charge in [0.15, 0.2) is 0 Å². The summed E-state index contributed by atoms with van der Waals surface area (Å²) in [5.41, 5.74) is 2.59. The van der Waals surface area contributed by atoms with E-state index in [1.165, 1.54) is 17.7 Å². The van der Waals surface area contributed by atoms with Gasteiger partial charge in [0.05, 0.1) is 0 Å². The van der Waals surface area contributed by atoms with Crippen molar-refractivity contribution in [3.05, 3.63) is 65.2 Å². The molecule has 1 amide bonds. The molecule has 0 atom stereocenters. The van der Waals surface area contributed by atoms with Crippen LogP contribution in [0.25, 0.3) is 0 Å². The van der Waals surface area contributed by atoms with E-state index < -0.39 is 5.95 Å². The van der Waals surface area contributed by atoms with Crippen molar-refractivity contribution in [3.8, 4) is 0 Å². The first-order valence-corrected chi connectivity index (χ1v) is 6.22. The van der Waals surface area contributed by atoms with Crippen LogP contribution in [0.2, 0.25) is 0 Å². The Morgan fingerprint density at radius 1 is 1.11 bits per heavy atom. The summed E-state index contributed by atoms with van der Waals surface area (Å²) in [5, 5.41) is 0. The summed E-state index contributed by atoms with van der Waals surface area (Å²) in [6.45, 7) is 1.21. The van der Waals surface area contributed by atoms with Crippen molar-refractivity contribution in [2.75, 3.05) is 6.54 Å². The van der Waals surface area contributed by atoms with E-state index in [0.29, 0.717) is 13.1 Å². The summed E-state index contributed by atoms with van der Waals surface area (Å²) in [4.78, 5) is 17.6. The van der Waals surface area contributed by atoms with Crippen LogP contribution in [0.4, 0.5) is 4.39 Å². The molecule has 4 heteroatoms. The maximum Gasteiger partial charge on any atom is 0.272 e. The van der Waals surface area contributed by atoms with E-state index in [0.717, 1.165) is 12.0 Å². The van der Waals surface area contributed by atoms with Gasteiger partial charge in [0.25, 0.3) is 5.91 Å². The topological polar surface area (TPSA) is 33.2 Å². The average molecular weight is 256 g/mol. The van der Waals surface area contributed by atoms with Crippen LogP contribution in [0, 0.1) is 5.95 Å². The van der Waals surface area contributed by atoms with Gasteiger partial charge in [-0.15, -0.1) is 0 Å². The van der Waals surface area contributed by atoms with E-state index in [2.05, 4.69) is 11.1 Å². The number of halogens is 1. The molecule has 0 bridgehead atoms. The minimum Gasteiger partial charge on any atom is -0.333 e. The van der Waals surface area contributed by atoms with Crippen LogP contribution in [0.1, 0.15) is 21.6 Å². The van der Waals surface area contributed by atoms with Crippen LogP contribution >= 0.6 is 0 Å². The first-order chi connectivity index (χ1) is 9.24. The fraction of sp³-hybridized carbons (Fsp3) is 0.200. The van der Waals surface area contributed by atoms with Crippen molar-refractivity contribution in [1.82, 2.24) is 9.88 Å². The maximum absolute atomic E-state index is 13.1. The summed E-state index contributed by atoms with van der Waals surface area (Å²) in [6, 6.07) is 12.4. The molecule has 2 heterocycles. The van der Waals surface area contributed by atoms with Crippen molar-refractivity contribution in [2.24, 2.45) is 0 Å². The Morgan fingerprint density at radius 3 is 2.68 bits per heavy atom. The lowest BCUT2D eigenvalue weighted by Gasteiger charge is -2.28. The second-order valence-electron chi connectivity index (χ2n) is 4.59. The third-order valence-corrected chi connectivity index (χ3v) is 3.35. The highest BCUT2D eigenvalue weighted by atomic mass is 19.1. The fourth-order valence-electron chi connectivity index (χ4n) is 2.36. The molecule has 1 aromatic heterocycles. The van der Waals surface area contributed by atoms with E-state index in [1.807, 2.05) is 18.2 Å². The van der Waals surface area contributed by atoms with Crippen molar-refractivity contribution in [2.45, 2.75) is 13.0 Å². The highest BCUT2D eigenvalue weighted by Crippen LogP contribution is 2.19. The number of carbonyl (C=O) groups excluding carboxylic acids is 1. The van der Waals surface area contributed by atoms with Crippen LogP contribution in [-0.2, 0) is 13.0 Å². The molecular weight excluding hydrogens is 243 g/mol. The molecule has 3 rings (SSSR count). The molecule has 0 saturated carbocycles. The SMILES string of the molecule is O=C(c1cccc(F)n1)N1CCc2ccccc2C1. The summed E-state index contributed by atoms with van der Waals surface area (Å²) in [7, 11) is 0. The number of nitrogens with zero attached hydrogens (tertiary/aromatic N) is 2. The van der Waals surface area contributed by atoms with E-state index in [9.17, 15) is 9.18 Å². The van der Waals surface area contributed by atoms with Gasteiger partial charge < -0.3 is 4.90 Å². The zero-order valence-electron chi connectivity index (χ0n) is 10.3. The zero-order chi connectivity index (χ0) is 13.2. The van der Waals surface area contributed by atoms with Crippen molar-refractivity contribution < 1.29 is 9.18 Å². The molecule has 0 unspecified atom stereocenters. The van der Waals surface area contributed by atoms with Crippen molar-refractivity contribution in [1.29, 1.82) is 0 Å². The molecule has 0 saturated heterocycles. The smallest absolute Gasteiger partial charge is 0.272 e. The van der Waals surface area contributed by atoms with Gasteiger partial charge in [-0.1, -0.05) is 30.3 Å². The van der Waals surface area contributed by atoms with Gasteiger partial charge >= 0.3 is 0 Å². The number of hydrogen-bond donors (Lipinski definition) is 0. The van der Waals surface area contributed by atoms with Gasteiger partial charge in [0.2, 0.25) is 5.95 Å². The lowest BCUT2D eigenvalue weighted by molar-refractivity contribution is 0.0727. The third kappa shape index (κ3) is 2.34. The zero-order valence-corrected chi connectivity index (χ0v) is 10.3. The van der Waals surface area contributed by atoms with E-state index in [-0.39, 0.29) is 11.6 Å². The molecule has 0 N–H and O–H groups in total. The van der Waals surface area contributed by atoms with Crippen LogP contribution in [0.5, 0.6) is 0 Å². The largest absolute Gasteiger partial charge is 0.333 e. The predicted octanol–water partition coefficient (Wildman–Crippen LogP) is 2.42. The molecule has 1 aromatic carbocycles. The van der Waals surface area contributed by atoms with Crippen molar-refractivity contribution in [3.63, 3.8) is 0 Å². The third-order valence-electron chi connectivity index (χ3n) is 3.35. The summed E-state index contributed by atoms with van der Waals surface area (Å²) in [5.74, 6) is -0.836. The fourth-order valence-corrected chi connectivity index (χ4v) is 2.36. The number of aromatic nitrogens is 1. The molecule has 1 aliphatic rings. The molecule has 0 spiro atoms. The minimum absolute atomic E-state index is 0.166. The Balaban J connectivity index is 1.83. The number of carbonyl (C=O) groups is 1. The van der Waals surface area contributed by atoms with Crippen LogP contribution < -0.4 is 0 Å². The monoisotopic (exact) mass is 256 g/mol. The van der Waals surface area contributed by atoms with E-state index in [4.69, 9.17) is 0 Å². The molecule has 2 aromatic rings. The number of amides is 1. The van der Waals surface area contributed by atoms with Gasteiger partial charge in [-0.25, -0.2) is 4.98 Å². The van der Waals surface area contributed by atoms with E-state index in [1.54, 1.807) is 11.0 Å². The highest BCUT2D eigenvalue weighted by molar-refractivity contribution is 5.92. The van der Waals surface area contributed by atoms with Gasteiger partial charge in [-0.3, -0.25) is 4.79 Å². The Kier molecular flexibility index (Phi) is 2.99. The van der Waals surface area contributed by atoms with Crippen LogP contribution in [0.15, 0.2) is 42.5 Å². The second-order valence-corrected chi connectivity index (χ2v) is 4.59. The second kappa shape index (κ2) is 4.80. The summed E-state index contributed by atoms with van der Waals surface area (Å²) in [6.07, 6.45) is 0.831. The molecular formula is C15H13FN2O. The number of fused-ring (bicyclic) bond motifs is 1. The van der Waals surface area contributed by atoms with Gasteiger partial charge in [0, 0.05) is 13.1 Å². The quantitative estimate of drug-likeness (QED) is 0.734. The predicted molar refractivity (Wildman–Crippen MR) is 69.1 cm³/mol. The summed E-state index contributed by atoms with van der Waals surface area (Å²) >= 11 is 0. The number of pyridine rings is 1. The van der Waals surface area contributed by atoms with Gasteiger partial charge in [0.1, 0.15) is 5.69 Å². The molecule has 96 valence electrons. The summed E-state index contributed by atoms with van der Waals surface area (Å²) < 4.78 is 13.1. The first kappa shape index (κ1) is 11.8. The molecule has 1 aliphatic heterocycles. The number of rotatable bonds is 1. The number of hydrogen-bond acceptors (Lipinski definition) is 2. The van der Waals surface area contributed by atoms with Crippen LogP contribution in [-0.4, -0.2) is 22.3 Å². The highest BCUT2D eigenvalue weighted by Gasteiger charge is 2.22. The molecule has 0 radical (unpaired) electrons. The Bertz CT molecular complexity index is 627. The Morgan fingerprint density at radius 2 is 1.89 bits per heavy atom. The lowest BCUT2D eigenvalue weighted by atomic mass is 10.00. The first-order valence-electron chi connectivity index (χ1n) is 6.22. The van der Waals surface area contributed by atoms with Gasteiger partial charge in [-0.05, 0) is 29.7 Å². The number of benzene rings is 1.